The third-order valence-corrected chi connectivity index (χ3v) is 4.41. The third kappa shape index (κ3) is 2.72. The van der Waals surface area contributed by atoms with Gasteiger partial charge in [-0.3, -0.25) is 0 Å². The van der Waals surface area contributed by atoms with Crippen molar-refractivity contribution in [1.82, 2.24) is 0 Å². The zero-order valence-electron chi connectivity index (χ0n) is 9.09. The fourth-order valence-electron chi connectivity index (χ4n) is 1.99. The number of hydrogen-bond acceptors (Lipinski definition) is 2. The van der Waals surface area contributed by atoms with Gasteiger partial charge in [-0.15, -0.1) is 0 Å². The SMILES string of the molecule is Fc1cccc(CBr)c1N1CCCSCC1. The smallest absolute Gasteiger partial charge is 0.146 e. The molecule has 1 saturated heterocycles. The topological polar surface area (TPSA) is 3.24 Å². The molecule has 1 nitrogen and oxygen atoms in total. The van der Waals surface area contributed by atoms with Gasteiger partial charge in [-0.25, -0.2) is 4.39 Å². The summed E-state index contributed by atoms with van der Waals surface area (Å²) in [7, 11) is 0. The molecular formula is C12H15BrFNS. The first-order valence-corrected chi connectivity index (χ1v) is 7.76. The summed E-state index contributed by atoms with van der Waals surface area (Å²) in [5, 5.41) is 0.712. The predicted octanol–water partition coefficient (Wildman–Crippen LogP) is 3.66. The van der Waals surface area contributed by atoms with Crippen LogP contribution in [0.15, 0.2) is 18.2 Å². The highest BCUT2D eigenvalue weighted by Crippen LogP contribution is 2.28. The van der Waals surface area contributed by atoms with E-state index in [2.05, 4.69) is 20.8 Å². The molecule has 2 rings (SSSR count). The van der Waals surface area contributed by atoms with Crippen molar-refractivity contribution in [3.8, 4) is 0 Å². The Balaban J connectivity index is 2.29. The van der Waals surface area contributed by atoms with E-state index in [1.165, 1.54) is 5.75 Å². The number of rotatable bonds is 2. The number of halogens is 2. The van der Waals surface area contributed by atoms with Crippen molar-refractivity contribution in [3.05, 3.63) is 29.6 Å². The van der Waals surface area contributed by atoms with Crippen LogP contribution in [0.5, 0.6) is 0 Å². The molecule has 0 aromatic heterocycles. The summed E-state index contributed by atoms with van der Waals surface area (Å²) >= 11 is 5.39. The lowest BCUT2D eigenvalue weighted by Gasteiger charge is -2.25. The Labute approximate surface area is 109 Å². The Morgan fingerprint density at radius 1 is 1.31 bits per heavy atom. The van der Waals surface area contributed by atoms with E-state index in [0.717, 1.165) is 36.5 Å². The summed E-state index contributed by atoms with van der Waals surface area (Å²) in [6, 6.07) is 5.33. The van der Waals surface area contributed by atoms with Crippen LogP contribution in [0.2, 0.25) is 0 Å². The second kappa shape index (κ2) is 5.92. The normalized spacial score (nSPS) is 17.2. The second-order valence-electron chi connectivity index (χ2n) is 3.83. The van der Waals surface area contributed by atoms with E-state index in [9.17, 15) is 4.39 Å². The first-order chi connectivity index (χ1) is 7.83. The van der Waals surface area contributed by atoms with Gasteiger partial charge in [0.2, 0.25) is 0 Å². The minimum absolute atomic E-state index is 0.0937. The molecule has 1 fully saturated rings. The standard InChI is InChI=1S/C12H15BrFNS/c13-9-10-3-1-4-11(14)12(10)15-5-2-7-16-8-6-15/h1,3-4H,2,5-9H2. The number of thioether (sulfide) groups is 1. The van der Waals surface area contributed by atoms with Crippen LogP contribution in [0.1, 0.15) is 12.0 Å². The third-order valence-electron chi connectivity index (χ3n) is 2.75. The van der Waals surface area contributed by atoms with E-state index < -0.39 is 0 Å². The zero-order valence-corrected chi connectivity index (χ0v) is 11.5. The summed E-state index contributed by atoms with van der Waals surface area (Å²) in [5.41, 5.74) is 1.84. The number of hydrogen-bond donors (Lipinski definition) is 0. The highest BCUT2D eigenvalue weighted by Gasteiger charge is 2.16. The Morgan fingerprint density at radius 2 is 2.19 bits per heavy atom. The van der Waals surface area contributed by atoms with E-state index in [1.54, 1.807) is 12.1 Å². The molecule has 0 radical (unpaired) electrons. The van der Waals surface area contributed by atoms with Crippen LogP contribution in [0.4, 0.5) is 10.1 Å². The average Bonchev–Trinajstić information content (AvgIpc) is 2.57. The minimum atomic E-state index is -0.0937. The molecule has 0 spiro atoms. The highest BCUT2D eigenvalue weighted by atomic mass is 79.9. The lowest BCUT2D eigenvalue weighted by Crippen LogP contribution is -2.27. The lowest BCUT2D eigenvalue weighted by atomic mass is 10.1. The van der Waals surface area contributed by atoms with Gasteiger partial charge in [-0.2, -0.15) is 11.8 Å². The van der Waals surface area contributed by atoms with Crippen molar-refractivity contribution in [1.29, 1.82) is 0 Å². The van der Waals surface area contributed by atoms with Crippen molar-refractivity contribution in [3.63, 3.8) is 0 Å². The van der Waals surface area contributed by atoms with E-state index in [0.29, 0.717) is 5.33 Å². The van der Waals surface area contributed by atoms with Crippen molar-refractivity contribution < 1.29 is 4.39 Å². The lowest BCUT2D eigenvalue weighted by molar-refractivity contribution is 0.616. The molecule has 88 valence electrons. The average molecular weight is 304 g/mol. The van der Waals surface area contributed by atoms with E-state index >= 15 is 0 Å². The number of para-hydroxylation sites is 1. The molecule has 1 aromatic carbocycles. The summed E-state index contributed by atoms with van der Waals surface area (Å²) in [6.07, 6.45) is 1.14. The molecular weight excluding hydrogens is 289 g/mol. The van der Waals surface area contributed by atoms with Crippen molar-refractivity contribution in [2.75, 3.05) is 29.5 Å². The van der Waals surface area contributed by atoms with Crippen molar-refractivity contribution >= 4 is 33.4 Å². The summed E-state index contributed by atoms with van der Waals surface area (Å²) < 4.78 is 13.9. The minimum Gasteiger partial charge on any atom is -0.368 e. The van der Waals surface area contributed by atoms with Crippen LogP contribution in [0.3, 0.4) is 0 Å². The molecule has 0 N–H and O–H groups in total. The van der Waals surface area contributed by atoms with Gasteiger partial charge < -0.3 is 4.90 Å². The predicted molar refractivity (Wildman–Crippen MR) is 73.2 cm³/mol. The molecule has 0 saturated carbocycles. The van der Waals surface area contributed by atoms with Crippen molar-refractivity contribution in [2.24, 2.45) is 0 Å². The Morgan fingerprint density at radius 3 is 3.00 bits per heavy atom. The van der Waals surface area contributed by atoms with Gasteiger partial charge in [-0.05, 0) is 23.8 Å². The van der Waals surface area contributed by atoms with Crippen LogP contribution in [-0.4, -0.2) is 24.6 Å². The summed E-state index contributed by atoms with van der Waals surface area (Å²) in [6.45, 7) is 1.92. The Kier molecular flexibility index (Phi) is 4.53. The summed E-state index contributed by atoms with van der Waals surface area (Å²) in [4.78, 5) is 2.19. The highest BCUT2D eigenvalue weighted by molar-refractivity contribution is 9.08. The molecule has 4 heteroatoms. The maximum atomic E-state index is 13.9. The number of nitrogens with zero attached hydrogens (tertiary/aromatic N) is 1. The Hall–Kier alpha value is -0.220. The second-order valence-corrected chi connectivity index (χ2v) is 5.62. The monoisotopic (exact) mass is 303 g/mol. The quantitative estimate of drug-likeness (QED) is 0.767. The largest absolute Gasteiger partial charge is 0.368 e. The molecule has 0 aliphatic carbocycles. The summed E-state index contributed by atoms with van der Waals surface area (Å²) in [5.74, 6) is 2.19. The van der Waals surface area contributed by atoms with Gasteiger partial charge in [0.15, 0.2) is 0 Å². The number of benzene rings is 1. The van der Waals surface area contributed by atoms with Crippen LogP contribution in [-0.2, 0) is 5.33 Å². The molecule has 0 atom stereocenters. The van der Waals surface area contributed by atoms with Gasteiger partial charge in [0, 0.05) is 24.2 Å². The number of anilines is 1. The zero-order chi connectivity index (χ0) is 11.4. The molecule has 1 aromatic rings. The molecule has 1 heterocycles. The van der Waals surface area contributed by atoms with Gasteiger partial charge in [0.25, 0.3) is 0 Å². The molecule has 0 bridgehead atoms. The maximum Gasteiger partial charge on any atom is 0.146 e. The van der Waals surface area contributed by atoms with Gasteiger partial charge >= 0.3 is 0 Å². The van der Waals surface area contributed by atoms with E-state index in [-0.39, 0.29) is 5.82 Å². The fraction of sp³-hybridized carbons (Fsp3) is 0.500. The molecule has 16 heavy (non-hydrogen) atoms. The molecule has 1 aliphatic rings. The molecule has 1 aliphatic heterocycles. The van der Waals surface area contributed by atoms with Crippen LogP contribution < -0.4 is 4.90 Å². The number of alkyl halides is 1. The van der Waals surface area contributed by atoms with Crippen LogP contribution in [0.25, 0.3) is 0 Å². The van der Waals surface area contributed by atoms with E-state index in [1.807, 2.05) is 17.8 Å². The van der Waals surface area contributed by atoms with Crippen LogP contribution >= 0.6 is 27.7 Å². The van der Waals surface area contributed by atoms with Crippen molar-refractivity contribution in [2.45, 2.75) is 11.8 Å². The molecule has 0 unspecified atom stereocenters. The fourth-order valence-corrected chi connectivity index (χ4v) is 3.33. The molecule has 0 amide bonds. The van der Waals surface area contributed by atoms with Crippen LogP contribution in [0, 0.1) is 5.82 Å². The van der Waals surface area contributed by atoms with Gasteiger partial charge in [-0.1, -0.05) is 28.1 Å². The maximum absolute atomic E-state index is 13.9. The van der Waals surface area contributed by atoms with Gasteiger partial charge in [0.05, 0.1) is 5.69 Å². The first kappa shape index (κ1) is 12.2. The van der Waals surface area contributed by atoms with E-state index in [4.69, 9.17) is 0 Å². The Bertz CT molecular complexity index is 351. The van der Waals surface area contributed by atoms with Gasteiger partial charge in [0.1, 0.15) is 5.82 Å². The first-order valence-electron chi connectivity index (χ1n) is 5.49.